The van der Waals surface area contributed by atoms with Gasteiger partial charge in [0.25, 0.3) is 0 Å². The summed E-state index contributed by atoms with van der Waals surface area (Å²) in [4.78, 5) is 7.90. The first-order valence-electron chi connectivity index (χ1n) is 3.30. The molecule has 2 heterocycles. The summed E-state index contributed by atoms with van der Waals surface area (Å²) in [7, 11) is 0. The second-order valence-corrected chi connectivity index (χ2v) is 3.92. The number of aromatic nitrogens is 2. The zero-order valence-electron chi connectivity index (χ0n) is 5.92. The molecule has 0 atom stereocenters. The monoisotopic (exact) mass is 218 g/mol. The first-order valence-corrected chi connectivity index (χ1v) is 5.04. The molecule has 1 aliphatic heterocycles. The molecule has 0 unspecified atom stereocenters. The molecule has 5 heteroatoms. The molecule has 0 amide bonds. The van der Waals surface area contributed by atoms with Gasteiger partial charge in [0, 0.05) is 11.3 Å². The van der Waals surface area contributed by atoms with Crippen LogP contribution < -0.4 is 0 Å². The zero-order valence-corrected chi connectivity index (χ0v) is 8.25. The van der Waals surface area contributed by atoms with Gasteiger partial charge in [-0.2, -0.15) is 0 Å². The van der Waals surface area contributed by atoms with E-state index in [1.807, 2.05) is 12.2 Å². The van der Waals surface area contributed by atoms with Crippen LogP contribution in [0.4, 0.5) is 0 Å². The summed E-state index contributed by atoms with van der Waals surface area (Å²) >= 11 is 13.1. The van der Waals surface area contributed by atoms with E-state index in [4.69, 9.17) is 23.2 Å². The van der Waals surface area contributed by atoms with Crippen LogP contribution in [0.15, 0.2) is 11.1 Å². The smallest absolute Gasteiger partial charge is 0.211 e. The van der Waals surface area contributed by atoms with Crippen LogP contribution in [0.5, 0.6) is 0 Å². The molecule has 0 saturated heterocycles. The van der Waals surface area contributed by atoms with Crippen LogP contribution in [-0.4, -0.2) is 15.7 Å². The average molecular weight is 219 g/mol. The second kappa shape index (κ2) is 3.24. The highest BCUT2D eigenvalue weighted by atomic mass is 35.5. The Morgan fingerprint density at radius 3 is 3.00 bits per heavy atom. The Labute approximate surface area is 84.0 Å². The highest BCUT2D eigenvalue weighted by Crippen LogP contribution is 2.31. The molecule has 0 bridgehead atoms. The van der Waals surface area contributed by atoms with Gasteiger partial charge >= 0.3 is 0 Å². The molecule has 1 aromatic rings. The van der Waals surface area contributed by atoms with E-state index in [0.29, 0.717) is 5.15 Å². The molecule has 0 saturated carbocycles. The van der Waals surface area contributed by atoms with Crippen LogP contribution in [0.2, 0.25) is 10.4 Å². The normalized spacial score (nSPS) is 14.5. The lowest BCUT2D eigenvalue weighted by Gasteiger charge is -2.08. The van der Waals surface area contributed by atoms with Crippen LogP contribution in [0.3, 0.4) is 0 Å². The topological polar surface area (TPSA) is 25.8 Å². The van der Waals surface area contributed by atoms with E-state index >= 15 is 0 Å². The molecule has 0 spiro atoms. The first-order chi connectivity index (χ1) is 5.77. The Balaban J connectivity index is 2.62. The van der Waals surface area contributed by atoms with E-state index in [9.17, 15) is 0 Å². The van der Waals surface area contributed by atoms with Crippen LogP contribution in [0.25, 0.3) is 6.08 Å². The first kappa shape index (κ1) is 8.35. The number of hydrogen-bond acceptors (Lipinski definition) is 3. The second-order valence-electron chi connectivity index (χ2n) is 2.22. The minimum atomic E-state index is 0.210. The van der Waals surface area contributed by atoms with Crippen molar-refractivity contribution in [2.75, 3.05) is 5.75 Å². The van der Waals surface area contributed by atoms with Crippen LogP contribution in [0, 0.1) is 0 Å². The molecule has 62 valence electrons. The van der Waals surface area contributed by atoms with Crippen molar-refractivity contribution in [3.8, 4) is 0 Å². The highest BCUT2D eigenvalue weighted by molar-refractivity contribution is 7.99. The third kappa shape index (κ3) is 1.44. The van der Waals surface area contributed by atoms with E-state index in [0.717, 1.165) is 16.3 Å². The van der Waals surface area contributed by atoms with Gasteiger partial charge in [0.1, 0.15) is 10.2 Å². The summed E-state index contributed by atoms with van der Waals surface area (Å²) in [5.74, 6) is 0.913. The third-order valence-electron chi connectivity index (χ3n) is 1.44. The zero-order chi connectivity index (χ0) is 8.55. The van der Waals surface area contributed by atoms with Gasteiger partial charge in [-0.1, -0.05) is 23.8 Å². The minimum absolute atomic E-state index is 0.210. The van der Waals surface area contributed by atoms with E-state index in [2.05, 4.69) is 9.97 Å². The lowest BCUT2D eigenvalue weighted by Crippen LogP contribution is -1.95. The molecular weight excluding hydrogens is 215 g/mol. The fraction of sp³-hybridized carbons (Fsp3) is 0.143. The molecule has 0 aromatic carbocycles. The number of fused-ring (bicyclic) bond motifs is 1. The van der Waals surface area contributed by atoms with Crippen molar-refractivity contribution in [3.05, 3.63) is 22.1 Å². The van der Waals surface area contributed by atoms with E-state index in [1.165, 1.54) is 0 Å². The molecular formula is C7H4Cl2N2S. The van der Waals surface area contributed by atoms with Gasteiger partial charge in [0.2, 0.25) is 5.28 Å². The van der Waals surface area contributed by atoms with Gasteiger partial charge < -0.3 is 0 Å². The maximum Gasteiger partial charge on any atom is 0.224 e. The van der Waals surface area contributed by atoms with Gasteiger partial charge in [0.15, 0.2) is 0 Å². The van der Waals surface area contributed by atoms with Crippen molar-refractivity contribution in [1.82, 2.24) is 9.97 Å². The van der Waals surface area contributed by atoms with E-state index in [-0.39, 0.29) is 5.28 Å². The predicted octanol–water partition coefficient (Wildman–Crippen LogP) is 2.90. The Hall–Kier alpha value is -0.250. The highest BCUT2D eigenvalue weighted by Gasteiger charge is 2.12. The van der Waals surface area contributed by atoms with Crippen LogP contribution in [-0.2, 0) is 0 Å². The van der Waals surface area contributed by atoms with Gasteiger partial charge in [-0.05, 0) is 11.6 Å². The maximum atomic E-state index is 5.85. The lowest BCUT2D eigenvalue weighted by molar-refractivity contribution is 1.03. The van der Waals surface area contributed by atoms with Crippen molar-refractivity contribution in [2.45, 2.75) is 5.03 Å². The summed E-state index contributed by atoms with van der Waals surface area (Å²) in [6.07, 6.45) is 3.95. The predicted molar refractivity (Wildman–Crippen MR) is 51.8 cm³/mol. The van der Waals surface area contributed by atoms with Crippen molar-refractivity contribution in [2.24, 2.45) is 0 Å². The quantitative estimate of drug-likeness (QED) is 0.495. The van der Waals surface area contributed by atoms with E-state index < -0.39 is 0 Å². The molecule has 0 N–H and O–H groups in total. The van der Waals surface area contributed by atoms with Crippen molar-refractivity contribution in [1.29, 1.82) is 0 Å². The van der Waals surface area contributed by atoms with Crippen molar-refractivity contribution < 1.29 is 0 Å². The van der Waals surface area contributed by atoms with Gasteiger partial charge in [-0.25, -0.2) is 9.97 Å². The lowest BCUT2D eigenvalue weighted by atomic mass is 10.3. The summed E-state index contributed by atoms with van der Waals surface area (Å²) < 4.78 is 0. The Bertz CT molecular complexity index is 352. The Morgan fingerprint density at radius 1 is 1.33 bits per heavy atom. The number of nitrogens with zero attached hydrogens (tertiary/aromatic N) is 2. The van der Waals surface area contributed by atoms with Gasteiger partial charge in [-0.3, -0.25) is 0 Å². The summed E-state index contributed by atoms with van der Waals surface area (Å²) in [5, 5.41) is 1.50. The summed E-state index contributed by atoms with van der Waals surface area (Å²) in [6.45, 7) is 0. The van der Waals surface area contributed by atoms with Crippen LogP contribution >= 0.6 is 35.0 Å². The van der Waals surface area contributed by atoms with E-state index in [1.54, 1.807) is 11.8 Å². The van der Waals surface area contributed by atoms with Crippen molar-refractivity contribution in [3.63, 3.8) is 0 Å². The SMILES string of the molecule is Clc1nc(Cl)c2c(n1)SCC=C2. The number of hydrogen-bond donors (Lipinski definition) is 0. The molecule has 2 nitrogen and oxygen atoms in total. The Morgan fingerprint density at radius 2 is 2.17 bits per heavy atom. The summed E-state index contributed by atoms with van der Waals surface area (Å²) in [6, 6.07) is 0. The average Bonchev–Trinajstić information content (AvgIpc) is 2.04. The number of rotatable bonds is 0. The third-order valence-corrected chi connectivity index (χ3v) is 2.84. The summed E-state index contributed by atoms with van der Waals surface area (Å²) in [5.41, 5.74) is 0.873. The Kier molecular flexibility index (Phi) is 2.26. The molecule has 0 radical (unpaired) electrons. The van der Waals surface area contributed by atoms with Crippen molar-refractivity contribution >= 4 is 41.0 Å². The maximum absolute atomic E-state index is 5.85. The van der Waals surface area contributed by atoms with Crippen LogP contribution in [0.1, 0.15) is 5.56 Å². The molecule has 0 fully saturated rings. The molecule has 1 aliphatic rings. The standard InChI is InChI=1S/C7H4Cl2N2S/c8-5-4-2-1-3-12-6(4)11-7(9)10-5/h1-2H,3H2. The molecule has 12 heavy (non-hydrogen) atoms. The minimum Gasteiger partial charge on any atom is -0.211 e. The largest absolute Gasteiger partial charge is 0.224 e. The number of thioether (sulfide) groups is 1. The van der Waals surface area contributed by atoms with Gasteiger partial charge in [0.05, 0.1) is 0 Å². The van der Waals surface area contributed by atoms with Gasteiger partial charge in [-0.15, -0.1) is 11.8 Å². The number of halogens is 2. The molecule has 2 rings (SSSR count). The molecule has 0 aliphatic carbocycles. The molecule has 1 aromatic heterocycles. The fourth-order valence-electron chi connectivity index (χ4n) is 0.942. The fourth-order valence-corrected chi connectivity index (χ4v) is 2.31.